The van der Waals surface area contributed by atoms with E-state index in [0.29, 0.717) is 5.88 Å². The van der Waals surface area contributed by atoms with Gasteiger partial charge in [-0.05, 0) is 51.1 Å². The first-order chi connectivity index (χ1) is 9.81. The van der Waals surface area contributed by atoms with Crippen LogP contribution in [0, 0.1) is 5.92 Å². The van der Waals surface area contributed by atoms with Crippen molar-refractivity contribution in [1.29, 1.82) is 0 Å². The first-order valence-electron chi connectivity index (χ1n) is 7.52. The molecular formula is C15H25ClN2OS. The molecule has 0 spiro atoms. The van der Waals surface area contributed by atoms with Crippen molar-refractivity contribution in [3.8, 4) is 0 Å². The van der Waals surface area contributed by atoms with Gasteiger partial charge >= 0.3 is 0 Å². The lowest BCUT2D eigenvalue weighted by Crippen LogP contribution is -2.37. The number of rotatable bonds is 8. The van der Waals surface area contributed by atoms with Crippen LogP contribution in [0.5, 0.6) is 0 Å². The second-order valence-corrected chi connectivity index (χ2v) is 6.80. The van der Waals surface area contributed by atoms with Crippen molar-refractivity contribution in [3.63, 3.8) is 0 Å². The van der Waals surface area contributed by atoms with Crippen LogP contribution in [0.15, 0.2) is 5.38 Å². The van der Waals surface area contributed by atoms with Crippen LogP contribution in [0.2, 0.25) is 0 Å². The molecule has 1 aliphatic rings. The summed E-state index contributed by atoms with van der Waals surface area (Å²) in [6.07, 6.45) is 6.22. The van der Waals surface area contributed by atoms with E-state index in [1.54, 1.807) is 11.3 Å². The number of piperidine rings is 1. The molecule has 2 rings (SSSR count). The fraction of sp³-hybridized carbons (Fsp3) is 0.800. The van der Waals surface area contributed by atoms with Crippen LogP contribution in [-0.2, 0) is 17.0 Å². The summed E-state index contributed by atoms with van der Waals surface area (Å²) >= 11 is 7.51. The number of hydrogen-bond donors (Lipinski definition) is 0. The van der Waals surface area contributed by atoms with E-state index in [4.69, 9.17) is 16.3 Å². The lowest BCUT2D eigenvalue weighted by atomic mass is 9.99. The van der Waals surface area contributed by atoms with Gasteiger partial charge in [0.05, 0.1) is 23.2 Å². The van der Waals surface area contributed by atoms with Gasteiger partial charge in [0.25, 0.3) is 0 Å². The van der Waals surface area contributed by atoms with Gasteiger partial charge < -0.3 is 9.64 Å². The van der Waals surface area contributed by atoms with Crippen LogP contribution in [0.3, 0.4) is 0 Å². The minimum Gasteiger partial charge on any atom is -0.384 e. The standard InChI is InChI=1S/C15H25ClN2OS/c1-19-11-13-5-4-8-18(10-13)7-3-2-6-15-17-14(9-16)12-20-15/h12-13H,2-11H2,1H3. The average molecular weight is 317 g/mol. The first-order valence-corrected chi connectivity index (χ1v) is 8.93. The van der Waals surface area contributed by atoms with Crippen LogP contribution in [0.4, 0.5) is 0 Å². The molecule has 3 nitrogen and oxygen atoms in total. The summed E-state index contributed by atoms with van der Waals surface area (Å²) in [5, 5.41) is 3.30. The smallest absolute Gasteiger partial charge is 0.0928 e. The van der Waals surface area contributed by atoms with Crippen LogP contribution in [-0.4, -0.2) is 43.2 Å². The largest absolute Gasteiger partial charge is 0.384 e. The molecule has 0 amide bonds. The maximum Gasteiger partial charge on any atom is 0.0928 e. The van der Waals surface area contributed by atoms with Crippen molar-refractivity contribution in [3.05, 3.63) is 16.1 Å². The normalized spacial score (nSPS) is 20.4. The van der Waals surface area contributed by atoms with E-state index in [1.807, 2.05) is 7.11 Å². The molecule has 0 radical (unpaired) electrons. The Hall–Kier alpha value is -0.160. The number of unbranched alkanes of at least 4 members (excludes halogenated alkanes) is 1. The zero-order valence-electron chi connectivity index (χ0n) is 12.3. The predicted octanol–water partition coefficient (Wildman–Crippen LogP) is 3.56. The van der Waals surface area contributed by atoms with Crippen LogP contribution >= 0.6 is 22.9 Å². The molecule has 1 saturated heterocycles. The molecule has 1 aliphatic heterocycles. The highest BCUT2D eigenvalue weighted by Gasteiger charge is 2.19. The number of thiazole rings is 1. The minimum atomic E-state index is 0.533. The highest BCUT2D eigenvalue weighted by molar-refractivity contribution is 7.09. The van der Waals surface area contributed by atoms with Gasteiger partial charge in [0.2, 0.25) is 0 Å². The maximum atomic E-state index is 5.77. The summed E-state index contributed by atoms with van der Waals surface area (Å²) in [7, 11) is 1.81. The third-order valence-electron chi connectivity index (χ3n) is 3.86. The van der Waals surface area contributed by atoms with Gasteiger partial charge in [0, 0.05) is 19.0 Å². The summed E-state index contributed by atoms with van der Waals surface area (Å²) in [4.78, 5) is 7.10. The Morgan fingerprint density at radius 1 is 1.50 bits per heavy atom. The molecular weight excluding hydrogens is 292 g/mol. The molecule has 0 bridgehead atoms. The zero-order chi connectivity index (χ0) is 14.2. The quantitative estimate of drug-likeness (QED) is 0.541. The molecule has 1 fully saturated rings. The summed E-state index contributed by atoms with van der Waals surface area (Å²) in [6.45, 7) is 4.60. The van der Waals surface area contributed by atoms with Crippen LogP contribution < -0.4 is 0 Å². The number of hydrogen-bond acceptors (Lipinski definition) is 4. The first kappa shape index (κ1) is 16.2. The van der Waals surface area contributed by atoms with Gasteiger partial charge in [-0.15, -0.1) is 22.9 Å². The van der Waals surface area contributed by atoms with E-state index in [1.165, 1.54) is 50.3 Å². The number of aromatic nitrogens is 1. The SMILES string of the molecule is COCC1CCCN(CCCCc2nc(CCl)cs2)C1. The number of methoxy groups -OCH3 is 1. The zero-order valence-corrected chi connectivity index (χ0v) is 13.9. The Labute approximate surface area is 131 Å². The van der Waals surface area contributed by atoms with E-state index in [-0.39, 0.29) is 0 Å². The number of alkyl halides is 1. The Morgan fingerprint density at radius 2 is 2.40 bits per heavy atom. The van der Waals surface area contributed by atoms with Crippen molar-refractivity contribution in [1.82, 2.24) is 9.88 Å². The summed E-state index contributed by atoms with van der Waals surface area (Å²) in [5.41, 5.74) is 1.02. The number of likely N-dealkylation sites (tertiary alicyclic amines) is 1. The number of ether oxygens (including phenoxy) is 1. The van der Waals surface area contributed by atoms with E-state index in [9.17, 15) is 0 Å². The molecule has 1 aromatic rings. The van der Waals surface area contributed by atoms with Crippen molar-refractivity contribution in [2.45, 2.75) is 38.0 Å². The molecule has 20 heavy (non-hydrogen) atoms. The molecule has 2 heterocycles. The van der Waals surface area contributed by atoms with Crippen molar-refractivity contribution >= 4 is 22.9 Å². The van der Waals surface area contributed by atoms with Gasteiger partial charge in [0.1, 0.15) is 0 Å². The van der Waals surface area contributed by atoms with Crippen LogP contribution in [0.1, 0.15) is 36.4 Å². The third kappa shape index (κ3) is 5.32. The second kappa shape index (κ2) is 8.98. The van der Waals surface area contributed by atoms with E-state index >= 15 is 0 Å². The Morgan fingerprint density at radius 3 is 3.15 bits per heavy atom. The maximum absolute atomic E-state index is 5.77. The van der Waals surface area contributed by atoms with E-state index in [2.05, 4.69) is 15.3 Å². The lowest BCUT2D eigenvalue weighted by molar-refractivity contribution is 0.0899. The van der Waals surface area contributed by atoms with E-state index < -0.39 is 0 Å². The average Bonchev–Trinajstić information content (AvgIpc) is 2.92. The second-order valence-electron chi connectivity index (χ2n) is 5.59. The third-order valence-corrected chi connectivity index (χ3v) is 5.09. The monoisotopic (exact) mass is 316 g/mol. The van der Waals surface area contributed by atoms with Gasteiger partial charge in [0.15, 0.2) is 0 Å². The molecule has 1 aromatic heterocycles. The number of aryl methyl sites for hydroxylation is 1. The summed E-state index contributed by atoms with van der Waals surface area (Å²) < 4.78 is 5.28. The molecule has 0 N–H and O–H groups in total. The van der Waals surface area contributed by atoms with Gasteiger partial charge in [-0.1, -0.05) is 0 Å². The Bertz CT molecular complexity index is 384. The van der Waals surface area contributed by atoms with Gasteiger partial charge in [-0.25, -0.2) is 4.98 Å². The highest BCUT2D eigenvalue weighted by atomic mass is 35.5. The molecule has 0 aliphatic carbocycles. The number of nitrogens with zero attached hydrogens (tertiary/aromatic N) is 2. The van der Waals surface area contributed by atoms with Gasteiger partial charge in [-0.3, -0.25) is 0 Å². The van der Waals surface area contributed by atoms with Gasteiger partial charge in [-0.2, -0.15) is 0 Å². The van der Waals surface area contributed by atoms with Crippen molar-refractivity contribution < 1.29 is 4.74 Å². The Kier molecular flexibility index (Phi) is 7.28. The fourth-order valence-corrected chi connectivity index (χ4v) is 3.93. The molecule has 0 saturated carbocycles. The molecule has 114 valence electrons. The summed E-state index contributed by atoms with van der Waals surface area (Å²) in [6, 6.07) is 0. The Balaban J connectivity index is 1.60. The predicted molar refractivity (Wildman–Crippen MR) is 85.6 cm³/mol. The minimum absolute atomic E-state index is 0.533. The molecule has 1 unspecified atom stereocenters. The van der Waals surface area contributed by atoms with E-state index in [0.717, 1.165) is 24.6 Å². The van der Waals surface area contributed by atoms with Crippen molar-refractivity contribution in [2.24, 2.45) is 5.92 Å². The molecule has 0 aromatic carbocycles. The lowest BCUT2D eigenvalue weighted by Gasteiger charge is -2.32. The molecule has 5 heteroatoms. The van der Waals surface area contributed by atoms with Crippen LogP contribution in [0.25, 0.3) is 0 Å². The number of halogens is 1. The topological polar surface area (TPSA) is 25.4 Å². The summed E-state index contributed by atoms with van der Waals surface area (Å²) in [5.74, 6) is 1.27. The molecule has 1 atom stereocenters. The van der Waals surface area contributed by atoms with Crippen molar-refractivity contribution in [2.75, 3.05) is 33.4 Å². The highest BCUT2D eigenvalue weighted by Crippen LogP contribution is 2.18. The fourth-order valence-electron chi connectivity index (χ4n) is 2.86.